The molecule has 1 aliphatic carbocycles. The number of hydrogen-bond acceptors (Lipinski definition) is 2. The fourth-order valence-electron chi connectivity index (χ4n) is 4.63. The zero-order chi connectivity index (χ0) is 14.5. The van der Waals surface area contributed by atoms with Crippen molar-refractivity contribution in [3.05, 3.63) is 0 Å². The summed E-state index contributed by atoms with van der Waals surface area (Å²) in [6.07, 6.45) is 14.0. The number of hydrogen-bond donors (Lipinski definition) is 1. The summed E-state index contributed by atoms with van der Waals surface area (Å²) in [6.45, 7) is 4.39. The van der Waals surface area contributed by atoms with E-state index in [2.05, 4.69) is 10.2 Å². The molecule has 3 aliphatic rings. The monoisotopic (exact) mass is 328 g/mol. The number of piperidine rings is 2. The first-order chi connectivity index (χ1) is 10.3. The first-order valence-electron chi connectivity index (χ1n) is 9.26. The van der Waals surface area contributed by atoms with E-state index in [9.17, 15) is 4.79 Å². The summed E-state index contributed by atoms with van der Waals surface area (Å²) in [6, 6.07) is 0. The Morgan fingerprint density at radius 2 is 1.55 bits per heavy atom. The molecule has 2 heterocycles. The zero-order valence-electron chi connectivity index (χ0n) is 13.9. The third-order valence-electron chi connectivity index (χ3n) is 6.28. The van der Waals surface area contributed by atoms with Gasteiger partial charge in [0.2, 0.25) is 5.91 Å². The van der Waals surface area contributed by atoms with Gasteiger partial charge in [-0.1, -0.05) is 25.7 Å². The maximum atomic E-state index is 12.6. The van der Waals surface area contributed by atoms with Crippen LogP contribution in [-0.4, -0.2) is 37.0 Å². The van der Waals surface area contributed by atoms with Crippen LogP contribution in [0.1, 0.15) is 70.6 Å². The van der Waals surface area contributed by atoms with Crippen LogP contribution in [0.3, 0.4) is 0 Å². The van der Waals surface area contributed by atoms with Gasteiger partial charge in [0, 0.05) is 19.5 Å². The highest BCUT2D eigenvalue weighted by molar-refractivity contribution is 5.85. The summed E-state index contributed by atoms with van der Waals surface area (Å²) in [7, 11) is 0. The molecule has 2 aliphatic heterocycles. The van der Waals surface area contributed by atoms with E-state index in [0.29, 0.717) is 17.2 Å². The van der Waals surface area contributed by atoms with Crippen molar-refractivity contribution in [3.8, 4) is 0 Å². The van der Waals surface area contributed by atoms with E-state index >= 15 is 0 Å². The summed E-state index contributed by atoms with van der Waals surface area (Å²) in [5.41, 5.74) is 0.560. The van der Waals surface area contributed by atoms with Crippen molar-refractivity contribution in [1.29, 1.82) is 0 Å². The highest BCUT2D eigenvalue weighted by atomic mass is 35.5. The Balaban J connectivity index is 0.00000176. The molecule has 0 aromatic rings. The smallest absolute Gasteiger partial charge is 0.222 e. The highest BCUT2D eigenvalue weighted by Gasteiger charge is 2.36. The van der Waals surface area contributed by atoms with Crippen molar-refractivity contribution in [2.45, 2.75) is 70.6 Å². The zero-order valence-corrected chi connectivity index (χ0v) is 14.8. The second-order valence-corrected chi connectivity index (χ2v) is 7.69. The molecule has 3 fully saturated rings. The van der Waals surface area contributed by atoms with Crippen LogP contribution in [0.5, 0.6) is 0 Å². The number of halogens is 1. The second-order valence-electron chi connectivity index (χ2n) is 7.69. The minimum absolute atomic E-state index is 0. The van der Waals surface area contributed by atoms with Crippen molar-refractivity contribution in [2.75, 3.05) is 26.2 Å². The molecule has 3 rings (SSSR count). The van der Waals surface area contributed by atoms with E-state index in [0.717, 1.165) is 19.5 Å². The van der Waals surface area contributed by atoms with Crippen LogP contribution in [0, 0.1) is 11.3 Å². The lowest BCUT2D eigenvalue weighted by atomic mass is 9.71. The predicted octanol–water partition coefficient (Wildman–Crippen LogP) is 3.76. The molecule has 1 N–H and O–H groups in total. The van der Waals surface area contributed by atoms with Gasteiger partial charge in [0.05, 0.1) is 0 Å². The second kappa shape index (κ2) is 8.54. The Morgan fingerprint density at radius 1 is 0.955 bits per heavy atom. The molecular weight excluding hydrogens is 296 g/mol. The minimum Gasteiger partial charge on any atom is -0.343 e. The SMILES string of the molecule is Cl.O=C(CC1CCCCCC1)N1CCC2(CCNCC2)CC1. The third-order valence-corrected chi connectivity index (χ3v) is 6.28. The molecule has 0 aromatic carbocycles. The van der Waals surface area contributed by atoms with Crippen LogP contribution < -0.4 is 5.32 Å². The Labute approximate surface area is 142 Å². The summed E-state index contributed by atoms with van der Waals surface area (Å²) >= 11 is 0. The number of nitrogens with zero attached hydrogens (tertiary/aromatic N) is 1. The number of rotatable bonds is 2. The Bertz CT molecular complexity index is 337. The van der Waals surface area contributed by atoms with E-state index in [1.807, 2.05) is 0 Å². The van der Waals surface area contributed by atoms with Crippen molar-refractivity contribution >= 4 is 18.3 Å². The fourth-order valence-corrected chi connectivity index (χ4v) is 4.63. The van der Waals surface area contributed by atoms with E-state index in [1.165, 1.54) is 77.3 Å². The molecule has 22 heavy (non-hydrogen) atoms. The molecule has 0 bridgehead atoms. The molecule has 4 heteroatoms. The lowest BCUT2D eigenvalue weighted by molar-refractivity contribution is -0.135. The number of carbonyl (C=O) groups is 1. The van der Waals surface area contributed by atoms with Crippen molar-refractivity contribution in [3.63, 3.8) is 0 Å². The van der Waals surface area contributed by atoms with Gasteiger partial charge in [-0.15, -0.1) is 12.4 Å². The largest absolute Gasteiger partial charge is 0.343 e. The van der Waals surface area contributed by atoms with Crippen molar-refractivity contribution < 1.29 is 4.79 Å². The van der Waals surface area contributed by atoms with Crippen LogP contribution in [0.2, 0.25) is 0 Å². The average molecular weight is 329 g/mol. The Kier molecular flexibility index (Phi) is 7.01. The molecule has 0 radical (unpaired) electrons. The van der Waals surface area contributed by atoms with Crippen LogP contribution in [0.15, 0.2) is 0 Å². The summed E-state index contributed by atoms with van der Waals surface area (Å²) in [5.74, 6) is 1.13. The predicted molar refractivity (Wildman–Crippen MR) is 93.4 cm³/mol. The number of likely N-dealkylation sites (tertiary alicyclic amines) is 1. The number of amides is 1. The lowest BCUT2D eigenvalue weighted by Crippen LogP contribution is -2.47. The van der Waals surface area contributed by atoms with Gasteiger partial charge in [0.1, 0.15) is 0 Å². The molecule has 1 amide bonds. The van der Waals surface area contributed by atoms with E-state index in [1.54, 1.807) is 0 Å². The van der Waals surface area contributed by atoms with Crippen LogP contribution >= 0.6 is 12.4 Å². The van der Waals surface area contributed by atoms with Gasteiger partial charge < -0.3 is 10.2 Å². The number of carbonyl (C=O) groups excluding carboxylic acids is 1. The molecule has 1 spiro atoms. The molecule has 0 atom stereocenters. The first-order valence-corrected chi connectivity index (χ1v) is 9.26. The van der Waals surface area contributed by atoms with Gasteiger partial charge in [-0.05, 0) is 62.9 Å². The first kappa shape index (κ1) is 18.1. The Morgan fingerprint density at radius 3 is 2.14 bits per heavy atom. The molecule has 1 saturated carbocycles. The molecule has 0 unspecified atom stereocenters. The van der Waals surface area contributed by atoms with Gasteiger partial charge in [-0.25, -0.2) is 0 Å². The highest BCUT2D eigenvalue weighted by Crippen LogP contribution is 2.39. The maximum absolute atomic E-state index is 12.6. The van der Waals surface area contributed by atoms with E-state index in [-0.39, 0.29) is 12.4 Å². The van der Waals surface area contributed by atoms with E-state index in [4.69, 9.17) is 0 Å². The standard InChI is InChI=1S/C18H32N2O.ClH/c21-17(15-16-5-3-1-2-4-6-16)20-13-9-18(10-14-20)7-11-19-12-8-18;/h16,19H,1-15H2;1H. The quantitative estimate of drug-likeness (QED) is 0.783. The summed E-state index contributed by atoms with van der Waals surface area (Å²) < 4.78 is 0. The van der Waals surface area contributed by atoms with Crippen molar-refractivity contribution in [1.82, 2.24) is 10.2 Å². The topological polar surface area (TPSA) is 32.3 Å². The van der Waals surface area contributed by atoms with Gasteiger partial charge in [0.15, 0.2) is 0 Å². The average Bonchev–Trinajstić information content (AvgIpc) is 2.77. The van der Waals surface area contributed by atoms with Crippen LogP contribution in [-0.2, 0) is 4.79 Å². The van der Waals surface area contributed by atoms with Crippen LogP contribution in [0.4, 0.5) is 0 Å². The minimum atomic E-state index is 0. The third kappa shape index (κ3) is 4.61. The molecule has 2 saturated heterocycles. The van der Waals surface area contributed by atoms with Gasteiger partial charge in [-0.3, -0.25) is 4.79 Å². The molecule has 128 valence electrons. The van der Waals surface area contributed by atoms with E-state index < -0.39 is 0 Å². The lowest BCUT2D eigenvalue weighted by Gasteiger charge is -2.44. The van der Waals surface area contributed by atoms with Gasteiger partial charge in [0.25, 0.3) is 0 Å². The van der Waals surface area contributed by atoms with Crippen molar-refractivity contribution in [2.24, 2.45) is 11.3 Å². The fraction of sp³-hybridized carbons (Fsp3) is 0.944. The summed E-state index contributed by atoms with van der Waals surface area (Å²) in [4.78, 5) is 14.7. The normalized spacial score (nSPS) is 26.3. The Hall–Kier alpha value is -0.280. The van der Waals surface area contributed by atoms with Gasteiger partial charge in [-0.2, -0.15) is 0 Å². The summed E-state index contributed by atoms with van der Waals surface area (Å²) in [5, 5.41) is 3.47. The number of nitrogens with one attached hydrogen (secondary N) is 1. The van der Waals surface area contributed by atoms with Gasteiger partial charge >= 0.3 is 0 Å². The molecule has 0 aromatic heterocycles. The van der Waals surface area contributed by atoms with Crippen LogP contribution in [0.25, 0.3) is 0 Å². The molecular formula is C18H33ClN2O. The molecule has 3 nitrogen and oxygen atoms in total. The maximum Gasteiger partial charge on any atom is 0.222 e.